The third kappa shape index (κ3) is 3.44. The molecule has 4 heterocycles. The number of ether oxygens (including phenoxy) is 1. The molecule has 4 aromatic rings. The second kappa shape index (κ2) is 7.68. The third-order valence-electron chi connectivity index (χ3n) is 5.32. The van der Waals surface area contributed by atoms with Gasteiger partial charge >= 0.3 is 0 Å². The van der Waals surface area contributed by atoms with E-state index in [0.29, 0.717) is 11.8 Å². The van der Waals surface area contributed by atoms with Crippen LogP contribution >= 0.6 is 0 Å². The number of pyridine rings is 2. The number of nitrogens with one attached hydrogen (secondary N) is 1. The maximum absolute atomic E-state index is 5.54. The van der Waals surface area contributed by atoms with E-state index < -0.39 is 0 Å². The zero-order valence-corrected chi connectivity index (χ0v) is 17.0. The number of methoxy groups -OCH3 is 1. The van der Waals surface area contributed by atoms with Crippen molar-refractivity contribution in [1.29, 1.82) is 0 Å². The highest BCUT2D eigenvalue weighted by Gasteiger charge is 2.19. The topological polar surface area (TPSA) is 76.1 Å². The van der Waals surface area contributed by atoms with Crippen LogP contribution in [0.5, 0.6) is 5.88 Å². The lowest BCUT2D eigenvalue weighted by Gasteiger charge is -2.25. The molecule has 150 valence electrons. The lowest BCUT2D eigenvalue weighted by Crippen LogP contribution is -2.27. The molecule has 5 rings (SSSR count). The Morgan fingerprint density at radius 2 is 2.00 bits per heavy atom. The van der Waals surface area contributed by atoms with Crippen LogP contribution in [0.1, 0.15) is 11.3 Å². The number of hydrogen-bond donors (Lipinski definition) is 1. The minimum absolute atomic E-state index is 0.495. The van der Waals surface area contributed by atoms with Crippen LogP contribution < -0.4 is 10.1 Å². The Morgan fingerprint density at radius 1 is 1.07 bits per heavy atom. The van der Waals surface area contributed by atoms with Gasteiger partial charge in [0.15, 0.2) is 0 Å². The Hall–Kier alpha value is -3.58. The van der Waals surface area contributed by atoms with E-state index in [4.69, 9.17) is 14.7 Å². The molecule has 1 N–H and O–H groups in total. The number of likely N-dealkylation sites (N-methyl/N-ethyl adjacent to an activating group) is 1. The molecule has 1 aromatic carbocycles. The summed E-state index contributed by atoms with van der Waals surface area (Å²) in [6.45, 7) is 1.86. The molecule has 0 amide bonds. The summed E-state index contributed by atoms with van der Waals surface area (Å²) in [4.78, 5) is 20.8. The smallest absolute Gasteiger partial charge is 0.237 e. The molecule has 0 spiro atoms. The van der Waals surface area contributed by atoms with E-state index in [-0.39, 0.29) is 0 Å². The van der Waals surface area contributed by atoms with Gasteiger partial charge in [-0.15, -0.1) is 0 Å². The van der Waals surface area contributed by atoms with Crippen molar-refractivity contribution in [2.75, 3.05) is 26.0 Å². The molecule has 0 radical (unpaired) electrons. The van der Waals surface area contributed by atoms with Crippen molar-refractivity contribution < 1.29 is 4.74 Å². The molecule has 0 saturated heterocycles. The van der Waals surface area contributed by atoms with Crippen molar-refractivity contribution in [2.24, 2.45) is 0 Å². The largest absolute Gasteiger partial charge is 0.480 e. The van der Waals surface area contributed by atoms with Crippen molar-refractivity contribution >= 4 is 22.5 Å². The number of fused-ring (bicyclic) bond motifs is 2. The van der Waals surface area contributed by atoms with Gasteiger partial charge in [-0.25, -0.2) is 15.0 Å². The maximum atomic E-state index is 5.54. The molecule has 7 nitrogen and oxygen atoms in total. The molecule has 0 atom stereocenters. The van der Waals surface area contributed by atoms with E-state index in [0.717, 1.165) is 53.1 Å². The average Bonchev–Trinajstić information content (AvgIpc) is 2.78. The lowest BCUT2D eigenvalue weighted by molar-refractivity contribution is 0.307. The molecule has 3 aromatic heterocycles. The van der Waals surface area contributed by atoms with Crippen molar-refractivity contribution in [3.05, 3.63) is 66.1 Å². The van der Waals surface area contributed by atoms with Gasteiger partial charge < -0.3 is 15.0 Å². The molecule has 30 heavy (non-hydrogen) atoms. The zero-order chi connectivity index (χ0) is 20.5. The zero-order valence-electron chi connectivity index (χ0n) is 17.0. The Labute approximate surface area is 174 Å². The minimum atomic E-state index is 0.495. The molecule has 0 unspecified atom stereocenters. The first kappa shape index (κ1) is 18.4. The first-order valence-corrected chi connectivity index (χ1v) is 9.91. The van der Waals surface area contributed by atoms with Crippen molar-refractivity contribution in [3.8, 4) is 17.1 Å². The van der Waals surface area contributed by atoms with Crippen LogP contribution in [0.3, 0.4) is 0 Å². The van der Waals surface area contributed by atoms with E-state index in [1.54, 1.807) is 13.3 Å². The van der Waals surface area contributed by atoms with Gasteiger partial charge in [-0.3, -0.25) is 4.98 Å². The predicted octanol–water partition coefficient (Wildman–Crippen LogP) is 3.83. The Bertz CT molecular complexity index is 1210. The molecule has 1 aliphatic heterocycles. The molecular formula is C23H22N6O. The fourth-order valence-corrected chi connectivity index (χ4v) is 3.80. The van der Waals surface area contributed by atoms with E-state index in [1.807, 2.05) is 42.6 Å². The number of benzene rings is 1. The van der Waals surface area contributed by atoms with Gasteiger partial charge in [0.05, 0.1) is 24.0 Å². The van der Waals surface area contributed by atoms with E-state index in [1.165, 1.54) is 5.56 Å². The van der Waals surface area contributed by atoms with E-state index in [2.05, 4.69) is 33.3 Å². The number of para-hydroxylation sites is 1. The SMILES string of the molecule is COc1nc2c(cc1Nc1ncc3cccc(-c4ccccn4)c3n1)CN(C)CC2. The molecule has 0 aliphatic carbocycles. The minimum Gasteiger partial charge on any atom is -0.480 e. The van der Waals surface area contributed by atoms with Crippen molar-refractivity contribution in [3.63, 3.8) is 0 Å². The summed E-state index contributed by atoms with van der Waals surface area (Å²) >= 11 is 0. The maximum Gasteiger partial charge on any atom is 0.237 e. The van der Waals surface area contributed by atoms with Gasteiger partial charge in [0.2, 0.25) is 11.8 Å². The summed E-state index contributed by atoms with van der Waals surface area (Å²) in [7, 11) is 3.75. The summed E-state index contributed by atoms with van der Waals surface area (Å²) in [5.41, 5.74) is 5.74. The van der Waals surface area contributed by atoms with Gasteiger partial charge in [-0.05, 0) is 30.8 Å². The second-order valence-corrected chi connectivity index (χ2v) is 7.42. The molecule has 1 aliphatic rings. The standard InChI is InChI=1S/C23H22N6O/c1-29-11-9-18-16(14-29)12-20(22(26-18)30-2)27-23-25-13-15-6-5-7-17(21(15)28-23)19-8-3-4-10-24-19/h3-8,10,12-13H,9,11,14H2,1-2H3,(H,25,27,28). The van der Waals surface area contributed by atoms with E-state index in [9.17, 15) is 0 Å². The van der Waals surface area contributed by atoms with E-state index >= 15 is 0 Å². The first-order chi connectivity index (χ1) is 14.7. The monoisotopic (exact) mass is 398 g/mol. The van der Waals surface area contributed by atoms with Crippen molar-refractivity contribution in [1.82, 2.24) is 24.8 Å². The molecule has 0 bridgehead atoms. The summed E-state index contributed by atoms with van der Waals surface area (Å²) in [5, 5.41) is 4.27. The summed E-state index contributed by atoms with van der Waals surface area (Å²) in [6.07, 6.45) is 4.53. The van der Waals surface area contributed by atoms with Gasteiger partial charge in [-0.2, -0.15) is 0 Å². The van der Waals surface area contributed by atoms with Crippen LogP contribution in [0, 0.1) is 0 Å². The van der Waals surface area contributed by atoms with Gasteiger partial charge in [0.25, 0.3) is 0 Å². The average molecular weight is 398 g/mol. The highest BCUT2D eigenvalue weighted by molar-refractivity contribution is 5.92. The highest BCUT2D eigenvalue weighted by Crippen LogP contribution is 2.31. The molecule has 7 heteroatoms. The van der Waals surface area contributed by atoms with Crippen LogP contribution in [0.4, 0.5) is 11.6 Å². The molecule has 0 saturated carbocycles. The number of rotatable bonds is 4. The van der Waals surface area contributed by atoms with Gasteiger partial charge in [0.1, 0.15) is 5.69 Å². The fourth-order valence-electron chi connectivity index (χ4n) is 3.80. The Balaban J connectivity index is 1.56. The third-order valence-corrected chi connectivity index (χ3v) is 5.32. The van der Waals surface area contributed by atoms with Crippen molar-refractivity contribution in [2.45, 2.75) is 13.0 Å². The van der Waals surface area contributed by atoms with Gasteiger partial charge in [-0.1, -0.05) is 24.3 Å². The number of hydrogen-bond acceptors (Lipinski definition) is 7. The van der Waals surface area contributed by atoms with Crippen LogP contribution in [0.25, 0.3) is 22.2 Å². The number of aromatic nitrogens is 4. The fraction of sp³-hybridized carbons (Fsp3) is 0.217. The normalized spacial score (nSPS) is 13.8. The number of nitrogens with zero attached hydrogens (tertiary/aromatic N) is 5. The second-order valence-electron chi connectivity index (χ2n) is 7.42. The summed E-state index contributed by atoms with van der Waals surface area (Å²) in [5.74, 6) is 1.05. The number of anilines is 2. The van der Waals surface area contributed by atoms with Gasteiger partial charge in [0, 0.05) is 42.9 Å². The summed E-state index contributed by atoms with van der Waals surface area (Å²) in [6, 6.07) is 14.0. The Kier molecular flexibility index (Phi) is 4.72. The lowest BCUT2D eigenvalue weighted by atomic mass is 10.1. The van der Waals surface area contributed by atoms with Crippen LogP contribution in [0.15, 0.2) is 54.9 Å². The predicted molar refractivity (Wildman–Crippen MR) is 117 cm³/mol. The van der Waals surface area contributed by atoms with Crippen LogP contribution in [-0.4, -0.2) is 45.5 Å². The summed E-state index contributed by atoms with van der Waals surface area (Å²) < 4.78 is 5.54. The highest BCUT2D eigenvalue weighted by atomic mass is 16.5. The molecular weight excluding hydrogens is 376 g/mol. The quantitative estimate of drug-likeness (QED) is 0.560. The molecule has 0 fully saturated rings. The first-order valence-electron chi connectivity index (χ1n) is 9.91. The van der Waals surface area contributed by atoms with Crippen LogP contribution in [0.2, 0.25) is 0 Å². The van der Waals surface area contributed by atoms with Crippen LogP contribution in [-0.2, 0) is 13.0 Å². The Morgan fingerprint density at radius 3 is 2.83 bits per heavy atom.